The second-order valence-electron chi connectivity index (χ2n) is 3.73. The second kappa shape index (κ2) is 5.61. The van der Waals surface area contributed by atoms with Gasteiger partial charge < -0.3 is 25.8 Å². The van der Waals surface area contributed by atoms with E-state index in [4.69, 9.17) is 10.2 Å². The number of hydrogen-bond acceptors (Lipinski definition) is 7. The van der Waals surface area contributed by atoms with E-state index in [1.165, 1.54) is 6.33 Å². The number of nitrogens with one attached hydrogen (secondary N) is 3. The van der Waals surface area contributed by atoms with Crippen LogP contribution in [-0.2, 0) is 0 Å². The molecule has 0 fully saturated rings. The first kappa shape index (κ1) is 12.5. The van der Waals surface area contributed by atoms with E-state index in [1.807, 2.05) is 6.92 Å². The highest BCUT2D eigenvalue weighted by Gasteiger charge is 2.13. The van der Waals surface area contributed by atoms with Gasteiger partial charge in [-0.15, -0.1) is 0 Å². The van der Waals surface area contributed by atoms with Gasteiger partial charge in [0.2, 0.25) is 5.95 Å². The smallest absolute Gasteiger partial charge is 0.226 e. The fourth-order valence-electron chi connectivity index (χ4n) is 1.52. The van der Waals surface area contributed by atoms with E-state index in [-0.39, 0.29) is 13.2 Å². The predicted octanol–water partition coefficient (Wildman–Crippen LogP) is -0.450. The number of aromatic nitrogens is 4. The number of fused-ring (bicyclic) bond motifs is 1. The third-order valence-corrected chi connectivity index (χ3v) is 2.40. The van der Waals surface area contributed by atoms with E-state index in [1.54, 1.807) is 0 Å². The molecule has 0 aliphatic rings. The van der Waals surface area contributed by atoms with Crippen molar-refractivity contribution in [2.45, 2.75) is 13.0 Å². The minimum absolute atomic E-state index is 0.188. The van der Waals surface area contributed by atoms with E-state index in [0.717, 1.165) is 0 Å². The van der Waals surface area contributed by atoms with Crippen molar-refractivity contribution in [2.24, 2.45) is 0 Å². The molecule has 18 heavy (non-hydrogen) atoms. The fraction of sp³-hybridized carbons (Fsp3) is 0.500. The molecule has 0 aromatic carbocycles. The van der Waals surface area contributed by atoms with Gasteiger partial charge in [0.25, 0.3) is 0 Å². The number of anilines is 2. The molecule has 0 aliphatic carbocycles. The van der Waals surface area contributed by atoms with Gasteiger partial charge in [0, 0.05) is 6.54 Å². The highest BCUT2D eigenvalue weighted by Crippen LogP contribution is 2.19. The van der Waals surface area contributed by atoms with Crippen LogP contribution in [0.4, 0.5) is 11.8 Å². The molecule has 0 radical (unpaired) electrons. The van der Waals surface area contributed by atoms with Crippen molar-refractivity contribution in [3.63, 3.8) is 0 Å². The number of H-pyrrole nitrogens is 1. The summed E-state index contributed by atoms with van der Waals surface area (Å²) >= 11 is 0. The summed E-state index contributed by atoms with van der Waals surface area (Å²) in [5.74, 6) is 0.954. The van der Waals surface area contributed by atoms with Crippen LogP contribution < -0.4 is 10.6 Å². The van der Waals surface area contributed by atoms with E-state index in [2.05, 4.69) is 30.6 Å². The highest BCUT2D eigenvalue weighted by atomic mass is 16.3. The number of nitrogens with zero attached hydrogens (tertiary/aromatic N) is 3. The molecule has 2 rings (SSSR count). The van der Waals surface area contributed by atoms with Crippen LogP contribution in [0.2, 0.25) is 0 Å². The molecule has 0 saturated carbocycles. The first-order chi connectivity index (χ1) is 8.78. The molecule has 0 saturated heterocycles. The number of hydrogen-bond donors (Lipinski definition) is 5. The van der Waals surface area contributed by atoms with Gasteiger partial charge in [-0.2, -0.15) is 9.97 Å². The average Bonchev–Trinajstić information content (AvgIpc) is 2.84. The van der Waals surface area contributed by atoms with Gasteiger partial charge in [-0.25, -0.2) is 4.98 Å². The number of aliphatic hydroxyl groups excluding tert-OH is 2. The van der Waals surface area contributed by atoms with Crippen LogP contribution in [0.1, 0.15) is 6.92 Å². The third-order valence-electron chi connectivity index (χ3n) is 2.40. The van der Waals surface area contributed by atoms with Crippen molar-refractivity contribution in [3.05, 3.63) is 6.33 Å². The Kier molecular flexibility index (Phi) is 3.90. The van der Waals surface area contributed by atoms with Crippen LogP contribution in [0.3, 0.4) is 0 Å². The predicted molar refractivity (Wildman–Crippen MR) is 67.4 cm³/mol. The van der Waals surface area contributed by atoms with Gasteiger partial charge in [0.15, 0.2) is 11.5 Å². The maximum atomic E-state index is 9.08. The summed E-state index contributed by atoms with van der Waals surface area (Å²) in [4.78, 5) is 15.5. The maximum absolute atomic E-state index is 9.08. The van der Waals surface area contributed by atoms with Gasteiger partial charge >= 0.3 is 0 Å². The Morgan fingerprint density at radius 2 is 2.11 bits per heavy atom. The van der Waals surface area contributed by atoms with Gasteiger partial charge in [-0.1, -0.05) is 0 Å². The van der Waals surface area contributed by atoms with Crippen LogP contribution >= 0.6 is 0 Å². The van der Waals surface area contributed by atoms with Crippen molar-refractivity contribution in [2.75, 3.05) is 30.4 Å². The number of aliphatic hydroxyl groups is 2. The Bertz CT molecular complexity index is 510. The lowest BCUT2D eigenvalue weighted by atomic mass is 10.3. The molecule has 8 heteroatoms. The minimum atomic E-state index is -0.471. The Morgan fingerprint density at radius 1 is 1.33 bits per heavy atom. The van der Waals surface area contributed by atoms with Crippen LogP contribution in [0.5, 0.6) is 0 Å². The Balaban J connectivity index is 2.36. The molecule has 0 spiro atoms. The van der Waals surface area contributed by atoms with Gasteiger partial charge in [0.05, 0.1) is 25.6 Å². The Labute approximate surface area is 103 Å². The fourth-order valence-corrected chi connectivity index (χ4v) is 1.52. The third kappa shape index (κ3) is 2.49. The van der Waals surface area contributed by atoms with Crippen LogP contribution in [0.25, 0.3) is 11.2 Å². The Hall–Kier alpha value is -1.93. The van der Waals surface area contributed by atoms with Crippen molar-refractivity contribution >= 4 is 22.9 Å². The van der Waals surface area contributed by atoms with Gasteiger partial charge in [-0.3, -0.25) is 0 Å². The molecule has 0 amide bonds. The van der Waals surface area contributed by atoms with E-state index in [0.29, 0.717) is 29.5 Å². The van der Waals surface area contributed by atoms with Crippen LogP contribution in [-0.4, -0.2) is 55.9 Å². The molecule has 0 unspecified atom stereocenters. The summed E-state index contributed by atoms with van der Waals surface area (Å²) in [5.41, 5.74) is 1.17. The molecule has 2 aromatic heterocycles. The first-order valence-corrected chi connectivity index (χ1v) is 5.71. The highest BCUT2D eigenvalue weighted by molar-refractivity contribution is 5.83. The zero-order chi connectivity index (χ0) is 13.0. The number of rotatable bonds is 6. The van der Waals surface area contributed by atoms with Crippen molar-refractivity contribution in [3.8, 4) is 0 Å². The second-order valence-corrected chi connectivity index (χ2v) is 3.73. The summed E-state index contributed by atoms with van der Waals surface area (Å²) in [5, 5.41) is 24.1. The number of aromatic amines is 1. The van der Waals surface area contributed by atoms with E-state index >= 15 is 0 Å². The molecular weight excluding hydrogens is 236 g/mol. The normalized spacial score (nSPS) is 11.1. The van der Waals surface area contributed by atoms with Gasteiger partial charge in [-0.05, 0) is 6.92 Å². The van der Waals surface area contributed by atoms with Crippen molar-refractivity contribution in [1.29, 1.82) is 0 Å². The quantitative estimate of drug-likeness (QED) is 0.472. The summed E-state index contributed by atoms with van der Waals surface area (Å²) < 4.78 is 0. The van der Waals surface area contributed by atoms with E-state index in [9.17, 15) is 0 Å². The summed E-state index contributed by atoms with van der Waals surface area (Å²) in [6.45, 7) is 2.26. The SMILES string of the molecule is CCNc1nc(NC(CO)CO)c2[nH]cnc2n1. The zero-order valence-corrected chi connectivity index (χ0v) is 10.0. The first-order valence-electron chi connectivity index (χ1n) is 5.71. The standard InChI is InChI=1S/C10H16N6O2/c1-2-11-10-15-8-7(12-5-13-8)9(16-10)14-6(3-17)4-18/h5-6,17-18H,2-4H2,1H3,(H3,11,12,13,14,15,16). The number of imidazole rings is 1. The average molecular weight is 252 g/mol. The van der Waals surface area contributed by atoms with Crippen molar-refractivity contribution in [1.82, 2.24) is 19.9 Å². The van der Waals surface area contributed by atoms with Crippen LogP contribution in [0.15, 0.2) is 6.33 Å². The monoisotopic (exact) mass is 252 g/mol. The molecule has 98 valence electrons. The lowest BCUT2D eigenvalue weighted by Crippen LogP contribution is -2.28. The summed E-state index contributed by atoms with van der Waals surface area (Å²) in [7, 11) is 0. The summed E-state index contributed by atoms with van der Waals surface area (Å²) in [6.07, 6.45) is 1.52. The lowest BCUT2D eigenvalue weighted by Gasteiger charge is -2.15. The minimum Gasteiger partial charge on any atom is -0.394 e. The van der Waals surface area contributed by atoms with Crippen molar-refractivity contribution < 1.29 is 10.2 Å². The molecule has 5 N–H and O–H groups in total. The molecule has 8 nitrogen and oxygen atoms in total. The van der Waals surface area contributed by atoms with Crippen LogP contribution in [0, 0.1) is 0 Å². The molecule has 0 atom stereocenters. The zero-order valence-electron chi connectivity index (χ0n) is 10.0. The largest absolute Gasteiger partial charge is 0.394 e. The lowest BCUT2D eigenvalue weighted by molar-refractivity contribution is 0.203. The summed E-state index contributed by atoms with van der Waals surface area (Å²) in [6, 6.07) is -0.471. The van der Waals surface area contributed by atoms with E-state index < -0.39 is 6.04 Å². The molecular formula is C10H16N6O2. The molecule has 2 aromatic rings. The molecule has 2 heterocycles. The molecule has 0 bridgehead atoms. The van der Waals surface area contributed by atoms with Gasteiger partial charge in [0.1, 0.15) is 5.52 Å². The maximum Gasteiger partial charge on any atom is 0.226 e. The topological polar surface area (TPSA) is 119 Å². The Morgan fingerprint density at radius 3 is 2.78 bits per heavy atom. The molecule has 0 aliphatic heterocycles.